The Morgan fingerprint density at radius 2 is 1.81 bits per heavy atom. The summed E-state index contributed by atoms with van der Waals surface area (Å²) in [6.45, 7) is 2.03. The molecule has 1 heterocycles. The zero-order valence-corrected chi connectivity index (χ0v) is 18.7. The van der Waals surface area contributed by atoms with Gasteiger partial charge in [0, 0.05) is 11.8 Å². The van der Waals surface area contributed by atoms with Crippen molar-refractivity contribution >= 4 is 33.2 Å². The lowest BCUT2D eigenvalue weighted by molar-refractivity contribution is -0.121. The summed E-state index contributed by atoms with van der Waals surface area (Å²) >= 11 is 1.52. The third-order valence-corrected chi connectivity index (χ3v) is 6.19. The molecule has 164 valence electrons. The molecule has 3 aromatic rings. The van der Waals surface area contributed by atoms with Crippen molar-refractivity contribution in [3.8, 4) is 0 Å². The standard InChI is InChI=1S/C22H25N3O4S2/c1-2-18-15-30-22(23-18)20(24-21(26)13-10-16-6-4-3-5-7-16)14-17-8-11-19(12-9-17)25-31(27,28)29/h3-9,11-12,15,20,25H,2,10,13-14H2,1H3,(H,24,26)(H,27,28,29). The molecule has 0 saturated carbocycles. The number of nitrogens with zero attached hydrogens (tertiary/aromatic N) is 1. The van der Waals surface area contributed by atoms with E-state index in [0.29, 0.717) is 19.3 Å². The Hall–Kier alpha value is -2.75. The molecule has 3 rings (SSSR count). The predicted octanol–water partition coefficient (Wildman–Crippen LogP) is 3.95. The number of amides is 1. The first-order valence-electron chi connectivity index (χ1n) is 9.94. The van der Waals surface area contributed by atoms with Gasteiger partial charge in [0.05, 0.1) is 17.4 Å². The number of benzene rings is 2. The number of hydrogen-bond acceptors (Lipinski definition) is 5. The van der Waals surface area contributed by atoms with Gasteiger partial charge in [-0.15, -0.1) is 11.3 Å². The van der Waals surface area contributed by atoms with E-state index in [1.54, 1.807) is 24.3 Å². The second-order valence-corrected chi connectivity index (χ2v) is 9.16. The molecule has 0 spiro atoms. The molecular weight excluding hydrogens is 434 g/mol. The molecule has 0 aliphatic rings. The topological polar surface area (TPSA) is 108 Å². The number of rotatable bonds is 10. The Bertz CT molecular complexity index is 1100. The number of aromatic nitrogens is 1. The summed E-state index contributed by atoms with van der Waals surface area (Å²) in [4.78, 5) is 17.3. The predicted molar refractivity (Wildman–Crippen MR) is 122 cm³/mol. The molecule has 1 aromatic heterocycles. The lowest BCUT2D eigenvalue weighted by Crippen LogP contribution is -2.30. The van der Waals surface area contributed by atoms with Gasteiger partial charge in [-0.3, -0.25) is 14.1 Å². The van der Waals surface area contributed by atoms with E-state index in [4.69, 9.17) is 4.55 Å². The van der Waals surface area contributed by atoms with Gasteiger partial charge < -0.3 is 5.32 Å². The lowest BCUT2D eigenvalue weighted by atomic mass is 10.0. The zero-order valence-electron chi connectivity index (χ0n) is 17.1. The number of carbonyl (C=O) groups is 1. The number of hydrogen-bond donors (Lipinski definition) is 3. The first-order chi connectivity index (χ1) is 14.8. The summed E-state index contributed by atoms with van der Waals surface area (Å²) in [5.74, 6) is -0.0493. The van der Waals surface area contributed by atoms with E-state index in [2.05, 4.69) is 10.3 Å². The van der Waals surface area contributed by atoms with E-state index in [-0.39, 0.29) is 17.6 Å². The maximum absolute atomic E-state index is 12.6. The van der Waals surface area contributed by atoms with Crippen molar-refractivity contribution in [3.63, 3.8) is 0 Å². The fourth-order valence-corrected chi connectivity index (χ4v) is 4.49. The van der Waals surface area contributed by atoms with Crippen LogP contribution in [0.4, 0.5) is 5.69 Å². The average molecular weight is 460 g/mol. The van der Waals surface area contributed by atoms with Crippen LogP contribution in [-0.4, -0.2) is 23.9 Å². The van der Waals surface area contributed by atoms with Crippen molar-refractivity contribution in [2.75, 3.05) is 4.72 Å². The molecule has 7 nitrogen and oxygen atoms in total. The molecule has 1 unspecified atom stereocenters. The highest BCUT2D eigenvalue weighted by Gasteiger charge is 2.19. The highest BCUT2D eigenvalue weighted by molar-refractivity contribution is 7.87. The van der Waals surface area contributed by atoms with Crippen molar-refractivity contribution in [2.24, 2.45) is 0 Å². The second-order valence-electron chi connectivity index (χ2n) is 7.11. The van der Waals surface area contributed by atoms with Crippen molar-refractivity contribution in [3.05, 3.63) is 81.8 Å². The third-order valence-electron chi connectivity index (χ3n) is 4.69. The van der Waals surface area contributed by atoms with Crippen LogP contribution in [0, 0.1) is 0 Å². The van der Waals surface area contributed by atoms with Crippen molar-refractivity contribution in [1.29, 1.82) is 0 Å². The van der Waals surface area contributed by atoms with Gasteiger partial charge in [0.25, 0.3) is 0 Å². The maximum atomic E-state index is 12.6. The molecule has 2 aromatic carbocycles. The van der Waals surface area contributed by atoms with Crippen molar-refractivity contribution < 1.29 is 17.8 Å². The molecule has 9 heteroatoms. The van der Waals surface area contributed by atoms with Crippen molar-refractivity contribution in [2.45, 2.75) is 38.6 Å². The number of carbonyl (C=O) groups excluding carboxylic acids is 1. The molecule has 31 heavy (non-hydrogen) atoms. The Kier molecular flexibility index (Phi) is 7.78. The Morgan fingerprint density at radius 1 is 1.10 bits per heavy atom. The Balaban J connectivity index is 1.69. The molecule has 0 saturated heterocycles. The van der Waals surface area contributed by atoms with Gasteiger partial charge in [0.2, 0.25) is 5.91 Å². The number of nitrogens with one attached hydrogen (secondary N) is 2. The van der Waals surface area contributed by atoms with Crippen LogP contribution in [-0.2, 0) is 34.4 Å². The highest BCUT2D eigenvalue weighted by atomic mass is 32.2. The van der Waals surface area contributed by atoms with Gasteiger partial charge in [0.1, 0.15) is 5.01 Å². The first-order valence-corrected chi connectivity index (χ1v) is 12.3. The lowest BCUT2D eigenvalue weighted by Gasteiger charge is -2.17. The first kappa shape index (κ1) is 22.9. The molecule has 0 aliphatic carbocycles. The molecule has 0 bridgehead atoms. The summed E-state index contributed by atoms with van der Waals surface area (Å²) in [7, 11) is -4.32. The summed E-state index contributed by atoms with van der Waals surface area (Å²) in [5, 5.41) is 5.94. The van der Waals surface area contributed by atoms with E-state index in [0.717, 1.165) is 28.2 Å². The molecule has 0 radical (unpaired) electrons. The van der Waals surface area contributed by atoms with Crippen LogP contribution in [0.15, 0.2) is 60.0 Å². The second kappa shape index (κ2) is 10.5. The summed E-state index contributed by atoms with van der Waals surface area (Å²) in [6, 6.07) is 16.2. The fraction of sp³-hybridized carbons (Fsp3) is 0.273. The Labute approximate surface area is 186 Å². The minimum Gasteiger partial charge on any atom is -0.347 e. The fourth-order valence-electron chi connectivity index (χ4n) is 3.11. The summed E-state index contributed by atoms with van der Waals surface area (Å²) < 4.78 is 32.8. The van der Waals surface area contributed by atoms with Crippen LogP contribution in [0.2, 0.25) is 0 Å². The largest absolute Gasteiger partial charge is 0.357 e. The molecule has 3 N–H and O–H groups in total. The van der Waals surface area contributed by atoms with E-state index in [1.165, 1.54) is 11.3 Å². The van der Waals surface area contributed by atoms with E-state index >= 15 is 0 Å². The summed E-state index contributed by atoms with van der Waals surface area (Å²) in [6.07, 6.45) is 2.37. The SMILES string of the molecule is CCc1csc(C(Cc2ccc(NS(=O)(=O)O)cc2)NC(=O)CCc2ccccc2)n1. The Morgan fingerprint density at radius 3 is 2.42 bits per heavy atom. The summed E-state index contributed by atoms with van der Waals surface area (Å²) in [5.41, 5.74) is 3.26. The van der Waals surface area contributed by atoms with Crippen LogP contribution < -0.4 is 10.0 Å². The maximum Gasteiger partial charge on any atom is 0.357 e. The van der Waals surface area contributed by atoms with Crippen LogP contribution in [0.5, 0.6) is 0 Å². The van der Waals surface area contributed by atoms with E-state index < -0.39 is 10.3 Å². The number of aryl methyl sites for hydroxylation is 2. The molecule has 1 amide bonds. The minimum absolute atomic E-state index is 0.0493. The van der Waals surface area contributed by atoms with Crippen LogP contribution in [0.1, 0.15) is 41.2 Å². The minimum atomic E-state index is -4.32. The number of thiazole rings is 1. The quantitative estimate of drug-likeness (QED) is 0.398. The monoisotopic (exact) mass is 459 g/mol. The van der Waals surface area contributed by atoms with Gasteiger partial charge in [-0.1, -0.05) is 49.4 Å². The highest BCUT2D eigenvalue weighted by Crippen LogP contribution is 2.24. The normalized spacial score (nSPS) is 12.3. The molecular formula is C22H25N3O4S2. The average Bonchev–Trinajstić information content (AvgIpc) is 3.22. The zero-order chi connectivity index (χ0) is 22.3. The van der Waals surface area contributed by atoms with Gasteiger partial charge in [-0.2, -0.15) is 8.42 Å². The molecule has 0 fully saturated rings. The van der Waals surface area contributed by atoms with Crippen LogP contribution in [0.25, 0.3) is 0 Å². The third kappa shape index (κ3) is 7.46. The number of anilines is 1. The van der Waals surface area contributed by atoms with Crippen LogP contribution in [0.3, 0.4) is 0 Å². The van der Waals surface area contributed by atoms with Crippen molar-refractivity contribution in [1.82, 2.24) is 10.3 Å². The molecule has 0 aliphatic heterocycles. The smallest absolute Gasteiger partial charge is 0.347 e. The van der Waals surface area contributed by atoms with E-state index in [9.17, 15) is 13.2 Å². The van der Waals surface area contributed by atoms with Crippen LogP contribution >= 0.6 is 11.3 Å². The van der Waals surface area contributed by atoms with Gasteiger partial charge in [-0.05, 0) is 42.5 Å². The van der Waals surface area contributed by atoms with Gasteiger partial charge in [-0.25, -0.2) is 4.98 Å². The van der Waals surface area contributed by atoms with Gasteiger partial charge in [0.15, 0.2) is 0 Å². The van der Waals surface area contributed by atoms with Gasteiger partial charge >= 0.3 is 10.3 Å². The molecule has 1 atom stereocenters. The van der Waals surface area contributed by atoms with E-state index in [1.807, 2.05) is 47.4 Å².